The van der Waals surface area contributed by atoms with Crippen LogP contribution in [0.4, 0.5) is 0 Å². The first-order chi connectivity index (χ1) is 9.67. The lowest BCUT2D eigenvalue weighted by Gasteiger charge is -2.38. The van der Waals surface area contributed by atoms with Crippen LogP contribution >= 0.6 is 0 Å². The van der Waals surface area contributed by atoms with Gasteiger partial charge in [-0.15, -0.1) is 0 Å². The SMILES string of the molecule is O=C(NC1CCC(c2ccccn2)CC1)C1(O)CNC1. The van der Waals surface area contributed by atoms with Crippen molar-refractivity contribution >= 4 is 5.91 Å². The molecule has 0 bridgehead atoms. The summed E-state index contributed by atoms with van der Waals surface area (Å²) in [6.07, 6.45) is 5.83. The van der Waals surface area contributed by atoms with Crippen molar-refractivity contribution < 1.29 is 9.90 Å². The molecule has 3 rings (SSSR count). The molecule has 108 valence electrons. The average Bonchev–Trinajstić information content (AvgIpc) is 2.46. The molecule has 2 fully saturated rings. The minimum atomic E-state index is -1.18. The van der Waals surface area contributed by atoms with E-state index in [1.807, 2.05) is 18.3 Å². The first kappa shape index (κ1) is 13.5. The number of aromatic nitrogens is 1. The number of hydrogen-bond acceptors (Lipinski definition) is 4. The fourth-order valence-electron chi connectivity index (χ4n) is 2.99. The lowest BCUT2D eigenvalue weighted by atomic mass is 9.83. The monoisotopic (exact) mass is 275 g/mol. The number of pyridine rings is 1. The van der Waals surface area contributed by atoms with Gasteiger partial charge in [0.1, 0.15) is 0 Å². The molecule has 1 aliphatic heterocycles. The van der Waals surface area contributed by atoms with E-state index in [4.69, 9.17) is 0 Å². The lowest BCUT2D eigenvalue weighted by molar-refractivity contribution is -0.145. The first-order valence-electron chi connectivity index (χ1n) is 7.32. The number of hydrogen-bond donors (Lipinski definition) is 3. The largest absolute Gasteiger partial charge is 0.377 e. The summed E-state index contributed by atoms with van der Waals surface area (Å²) in [7, 11) is 0. The maximum Gasteiger partial charge on any atom is 0.254 e. The van der Waals surface area contributed by atoms with Gasteiger partial charge in [-0.3, -0.25) is 9.78 Å². The summed E-state index contributed by atoms with van der Waals surface area (Å²) >= 11 is 0. The molecule has 5 heteroatoms. The van der Waals surface area contributed by atoms with E-state index in [0.717, 1.165) is 31.4 Å². The highest BCUT2D eigenvalue weighted by Crippen LogP contribution is 2.31. The number of aliphatic hydroxyl groups is 1. The lowest BCUT2D eigenvalue weighted by Crippen LogP contribution is -2.68. The molecule has 1 amide bonds. The molecular weight excluding hydrogens is 254 g/mol. The number of carbonyl (C=O) groups excluding carboxylic acids is 1. The van der Waals surface area contributed by atoms with E-state index >= 15 is 0 Å². The van der Waals surface area contributed by atoms with Gasteiger partial charge in [-0.25, -0.2) is 0 Å². The van der Waals surface area contributed by atoms with Gasteiger partial charge in [0.25, 0.3) is 5.91 Å². The maximum atomic E-state index is 12.0. The highest BCUT2D eigenvalue weighted by molar-refractivity contribution is 5.86. The van der Waals surface area contributed by atoms with E-state index in [1.54, 1.807) is 0 Å². The van der Waals surface area contributed by atoms with E-state index in [2.05, 4.69) is 21.7 Å². The Labute approximate surface area is 118 Å². The van der Waals surface area contributed by atoms with Crippen LogP contribution in [0.3, 0.4) is 0 Å². The van der Waals surface area contributed by atoms with Gasteiger partial charge in [0.05, 0.1) is 0 Å². The van der Waals surface area contributed by atoms with Crippen molar-refractivity contribution in [1.29, 1.82) is 0 Å². The molecule has 1 saturated carbocycles. The predicted molar refractivity (Wildman–Crippen MR) is 75.2 cm³/mol. The number of rotatable bonds is 3. The summed E-state index contributed by atoms with van der Waals surface area (Å²) in [5.41, 5.74) is -0.0308. The van der Waals surface area contributed by atoms with Crippen LogP contribution in [0.2, 0.25) is 0 Å². The van der Waals surface area contributed by atoms with Crippen LogP contribution in [0, 0.1) is 0 Å². The van der Waals surface area contributed by atoms with Crippen LogP contribution < -0.4 is 10.6 Å². The first-order valence-corrected chi connectivity index (χ1v) is 7.32. The third-order valence-electron chi connectivity index (χ3n) is 4.43. The Balaban J connectivity index is 1.50. The third-order valence-corrected chi connectivity index (χ3v) is 4.43. The van der Waals surface area contributed by atoms with Crippen molar-refractivity contribution in [3.8, 4) is 0 Å². The van der Waals surface area contributed by atoms with E-state index in [0.29, 0.717) is 19.0 Å². The summed E-state index contributed by atoms with van der Waals surface area (Å²) in [5, 5.41) is 15.9. The zero-order valence-corrected chi connectivity index (χ0v) is 11.5. The molecule has 1 aromatic rings. The molecule has 2 aliphatic rings. The molecule has 0 unspecified atom stereocenters. The van der Waals surface area contributed by atoms with E-state index in [1.165, 1.54) is 0 Å². The Morgan fingerprint density at radius 3 is 2.60 bits per heavy atom. The molecule has 20 heavy (non-hydrogen) atoms. The Morgan fingerprint density at radius 2 is 2.05 bits per heavy atom. The van der Waals surface area contributed by atoms with Gasteiger partial charge in [0.15, 0.2) is 5.60 Å². The molecule has 3 N–H and O–H groups in total. The standard InChI is InChI=1S/C15H21N3O2/c19-14(15(20)9-16-10-15)18-12-6-4-11(5-7-12)13-3-1-2-8-17-13/h1-3,8,11-12,16,20H,4-7,9-10H2,(H,18,19). The fraction of sp³-hybridized carbons (Fsp3) is 0.600. The van der Waals surface area contributed by atoms with E-state index in [-0.39, 0.29) is 11.9 Å². The number of amides is 1. The highest BCUT2D eigenvalue weighted by Gasteiger charge is 2.43. The van der Waals surface area contributed by atoms with Gasteiger partial charge in [0.2, 0.25) is 0 Å². The number of carbonyl (C=O) groups is 1. The molecule has 1 aliphatic carbocycles. The fourth-order valence-corrected chi connectivity index (χ4v) is 2.99. The number of nitrogens with one attached hydrogen (secondary N) is 2. The van der Waals surface area contributed by atoms with Crippen LogP contribution in [-0.2, 0) is 4.79 Å². The molecule has 0 aromatic carbocycles. The molecule has 2 heterocycles. The zero-order valence-electron chi connectivity index (χ0n) is 11.5. The van der Waals surface area contributed by atoms with Gasteiger partial charge in [-0.05, 0) is 37.8 Å². The molecule has 0 spiro atoms. The van der Waals surface area contributed by atoms with Crippen LogP contribution in [0.5, 0.6) is 0 Å². The third kappa shape index (κ3) is 2.69. The number of β-amino-alcohol motifs (C(OH)–C–C–N with tert-alkyl or cyclic N) is 1. The van der Waals surface area contributed by atoms with Crippen LogP contribution in [-0.4, -0.2) is 40.7 Å². The summed E-state index contributed by atoms with van der Waals surface area (Å²) in [6.45, 7) is 0.726. The summed E-state index contributed by atoms with van der Waals surface area (Å²) < 4.78 is 0. The van der Waals surface area contributed by atoms with E-state index in [9.17, 15) is 9.90 Å². The molecule has 1 saturated heterocycles. The number of nitrogens with zero attached hydrogens (tertiary/aromatic N) is 1. The van der Waals surface area contributed by atoms with Gasteiger partial charge < -0.3 is 15.7 Å². The van der Waals surface area contributed by atoms with Crippen molar-refractivity contribution in [3.05, 3.63) is 30.1 Å². The predicted octanol–water partition coefficient (Wildman–Crippen LogP) is 0.558. The van der Waals surface area contributed by atoms with E-state index < -0.39 is 5.60 Å². The maximum absolute atomic E-state index is 12.0. The molecular formula is C15H21N3O2. The quantitative estimate of drug-likeness (QED) is 0.753. The van der Waals surface area contributed by atoms with Crippen molar-refractivity contribution in [2.75, 3.05) is 13.1 Å². The summed E-state index contributed by atoms with van der Waals surface area (Å²) in [4.78, 5) is 16.4. The van der Waals surface area contributed by atoms with Gasteiger partial charge in [-0.1, -0.05) is 6.07 Å². The Bertz CT molecular complexity index is 465. The highest BCUT2D eigenvalue weighted by atomic mass is 16.3. The second-order valence-electron chi connectivity index (χ2n) is 5.91. The molecule has 0 atom stereocenters. The normalized spacial score (nSPS) is 28.4. The van der Waals surface area contributed by atoms with Crippen molar-refractivity contribution in [2.24, 2.45) is 0 Å². The zero-order chi connectivity index (χ0) is 14.0. The summed E-state index contributed by atoms with van der Waals surface area (Å²) in [5.74, 6) is 0.273. The van der Waals surface area contributed by atoms with Gasteiger partial charge in [0, 0.05) is 36.9 Å². The van der Waals surface area contributed by atoms with Crippen molar-refractivity contribution in [1.82, 2.24) is 15.6 Å². The summed E-state index contributed by atoms with van der Waals surface area (Å²) in [6, 6.07) is 6.22. The van der Waals surface area contributed by atoms with Gasteiger partial charge in [-0.2, -0.15) is 0 Å². The second-order valence-corrected chi connectivity index (χ2v) is 5.91. The second kappa shape index (κ2) is 5.50. The topological polar surface area (TPSA) is 74.2 Å². The molecule has 1 aromatic heterocycles. The van der Waals surface area contributed by atoms with Crippen molar-refractivity contribution in [3.63, 3.8) is 0 Å². The molecule has 0 radical (unpaired) electrons. The Morgan fingerprint density at radius 1 is 1.30 bits per heavy atom. The average molecular weight is 275 g/mol. The minimum absolute atomic E-state index is 0.187. The minimum Gasteiger partial charge on any atom is -0.377 e. The van der Waals surface area contributed by atoms with Crippen LogP contribution in [0.25, 0.3) is 0 Å². The molecule has 5 nitrogen and oxygen atoms in total. The van der Waals surface area contributed by atoms with Crippen LogP contribution in [0.15, 0.2) is 24.4 Å². The van der Waals surface area contributed by atoms with Crippen molar-refractivity contribution in [2.45, 2.75) is 43.2 Å². The Kier molecular flexibility index (Phi) is 3.72. The van der Waals surface area contributed by atoms with Gasteiger partial charge >= 0.3 is 0 Å². The van der Waals surface area contributed by atoms with Crippen LogP contribution in [0.1, 0.15) is 37.3 Å². The Hall–Kier alpha value is -1.46. The smallest absolute Gasteiger partial charge is 0.254 e.